The first kappa shape index (κ1) is 12.0. The fraction of sp³-hybridized carbons (Fsp3) is 0.846. The van der Waals surface area contributed by atoms with Gasteiger partial charge in [-0.25, -0.2) is 0 Å². The molecule has 0 atom stereocenters. The first-order valence-electron chi connectivity index (χ1n) is 6.91. The van der Waals surface area contributed by atoms with Crippen molar-refractivity contribution in [1.82, 2.24) is 10.1 Å². The van der Waals surface area contributed by atoms with Gasteiger partial charge in [-0.1, -0.05) is 31.8 Å². The Kier molecular flexibility index (Phi) is 3.01. The molecule has 5 heteroatoms. The van der Waals surface area contributed by atoms with Gasteiger partial charge in [0.1, 0.15) is 0 Å². The number of morpholine rings is 1. The lowest BCUT2D eigenvalue weighted by Crippen LogP contribution is -2.50. The van der Waals surface area contributed by atoms with Crippen LogP contribution < -0.4 is 4.90 Å². The third kappa shape index (κ3) is 2.11. The molecule has 1 saturated heterocycles. The third-order valence-electron chi connectivity index (χ3n) is 3.98. The van der Waals surface area contributed by atoms with Gasteiger partial charge in [0, 0.05) is 12.5 Å². The molecule has 5 nitrogen and oxygen atoms in total. The van der Waals surface area contributed by atoms with Crippen LogP contribution in [0.3, 0.4) is 0 Å². The average Bonchev–Trinajstić information content (AvgIpc) is 2.98. The largest absolute Gasteiger partial charge is 0.371 e. The predicted octanol–water partition coefficient (Wildman–Crippen LogP) is 2.34. The van der Waals surface area contributed by atoms with Crippen LogP contribution in [-0.2, 0) is 4.74 Å². The maximum atomic E-state index is 6.00. The fourth-order valence-corrected chi connectivity index (χ4v) is 2.92. The molecule has 0 radical (unpaired) electrons. The smallest absolute Gasteiger partial charge is 0.324 e. The molecule has 18 heavy (non-hydrogen) atoms. The number of rotatable bonds is 2. The third-order valence-corrected chi connectivity index (χ3v) is 3.98. The zero-order valence-corrected chi connectivity index (χ0v) is 11.2. The summed E-state index contributed by atoms with van der Waals surface area (Å²) in [5, 5.41) is 4.04. The molecule has 1 spiro atoms. The van der Waals surface area contributed by atoms with Crippen LogP contribution in [0.2, 0.25) is 0 Å². The molecule has 0 aromatic carbocycles. The number of ether oxygens (including phenoxy) is 1. The van der Waals surface area contributed by atoms with E-state index < -0.39 is 0 Å². The Bertz CT molecular complexity index is 410. The topological polar surface area (TPSA) is 51.4 Å². The molecular formula is C13H21N3O2. The number of hydrogen-bond donors (Lipinski definition) is 0. The Labute approximate surface area is 107 Å². The van der Waals surface area contributed by atoms with Gasteiger partial charge < -0.3 is 14.2 Å². The molecule has 1 aliphatic carbocycles. The van der Waals surface area contributed by atoms with E-state index in [-0.39, 0.29) is 5.60 Å². The minimum Gasteiger partial charge on any atom is -0.371 e. The van der Waals surface area contributed by atoms with Crippen LogP contribution in [0.1, 0.15) is 51.3 Å². The zero-order valence-electron chi connectivity index (χ0n) is 11.2. The first-order valence-corrected chi connectivity index (χ1v) is 6.91. The number of aromatic nitrogens is 2. The zero-order chi connectivity index (χ0) is 12.6. The minimum atomic E-state index is 0.0463. The highest BCUT2D eigenvalue weighted by atomic mass is 16.5. The Balaban J connectivity index is 1.75. The highest BCUT2D eigenvalue weighted by molar-refractivity contribution is 5.28. The standard InChI is InChI=1S/C13H21N3O2/c1-10(2)11-14-12(18-15-11)16-7-8-17-13(9-16)5-3-4-6-13/h10H,3-9H2,1-2H3. The molecule has 0 N–H and O–H groups in total. The van der Waals surface area contributed by atoms with Crippen LogP contribution in [0.4, 0.5) is 6.01 Å². The first-order chi connectivity index (χ1) is 8.69. The van der Waals surface area contributed by atoms with E-state index in [9.17, 15) is 0 Å². The van der Waals surface area contributed by atoms with Crippen LogP contribution in [0.15, 0.2) is 4.52 Å². The summed E-state index contributed by atoms with van der Waals surface area (Å²) in [7, 11) is 0. The number of anilines is 1. The van der Waals surface area contributed by atoms with Crippen molar-refractivity contribution in [2.45, 2.75) is 51.0 Å². The monoisotopic (exact) mass is 251 g/mol. The van der Waals surface area contributed by atoms with Crippen molar-refractivity contribution in [3.63, 3.8) is 0 Å². The van der Waals surface area contributed by atoms with E-state index in [1.807, 2.05) is 0 Å². The van der Waals surface area contributed by atoms with Crippen molar-refractivity contribution in [2.75, 3.05) is 24.6 Å². The average molecular weight is 251 g/mol. The molecule has 1 aromatic heterocycles. The minimum absolute atomic E-state index is 0.0463. The molecule has 0 bridgehead atoms. The summed E-state index contributed by atoms with van der Waals surface area (Å²) in [6.07, 6.45) is 4.87. The van der Waals surface area contributed by atoms with E-state index in [1.165, 1.54) is 12.8 Å². The van der Waals surface area contributed by atoms with Crippen LogP contribution in [0.25, 0.3) is 0 Å². The summed E-state index contributed by atoms with van der Waals surface area (Å²) in [5.41, 5.74) is 0.0463. The Morgan fingerprint density at radius 2 is 2.06 bits per heavy atom. The fourth-order valence-electron chi connectivity index (χ4n) is 2.92. The Morgan fingerprint density at radius 3 is 2.72 bits per heavy atom. The van der Waals surface area contributed by atoms with E-state index in [0.29, 0.717) is 11.9 Å². The second-order valence-electron chi connectivity index (χ2n) is 5.75. The van der Waals surface area contributed by atoms with Gasteiger partial charge in [-0.2, -0.15) is 4.98 Å². The van der Waals surface area contributed by atoms with Crippen LogP contribution >= 0.6 is 0 Å². The van der Waals surface area contributed by atoms with Gasteiger partial charge in [0.05, 0.1) is 18.8 Å². The van der Waals surface area contributed by atoms with E-state index in [1.54, 1.807) is 0 Å². The van der Waals surface area contributed by atoms with Gasteiger partial charge in [0.2, 0.25) is 0 Å². The van der Waals surface area contributed by atoms with Gasteiger partial charge >= 0.3 is 6.01 Å². The maximum Gasteiger partial charge on any atom is 0.324 e. The van der Waals surface area contributed by atoms with Gasteiger partial charge in [-0.05, 0) is 12.8 Å². The molecule has 1 saturated carbocycles. The van der Waals surface area contributed by atoms with Crippen LogP contribution in [0, 0.1) is 0 Å². The van der Waals surface area contributed by atoms with Gasteiger partial charge in [-0.15, -0.1) is 0 Å². The second kappa shape index (κ2) is 4.53. The van der Waals surface area contributed by atoms with E-state index >= 15 is 0 Å². The molecule has 2 heterocycles. The Hall–Kier alpha value is -1.10. The van der Waals surface area contributed by atoms with Gasteiger partial charge in [-0.3, -0.25) is 0 Å². The quantitative estimate of drug-likeness (QED) is 0.807. The summed E-state index contributed by atoms with van der Waals surface area (Å²) in [6.45, 7) is 6.66. The highest BCUT2D eigenvalue weighted by Crippen LogP contribution is 2.36. The number of nitrogens with zero attached hydrogens (tertiary/aromatic N) is 3. The molecular weight excluding hydrogens is 230 g/mol. The molecule has 3 rings (SSSR count). The normalized spacial score (nSPS) is 23.2. The van der Waals surface area contributed by atoms with E-state index in [2.05, 4.69) is 28.9 Å². The lowest BCUT2D eigenvalue weighted by molar-refractivity contribution is -0.0515. The van der Waals surface area contributed by atoms with Crippen molar-refractivity contribution in [3.8, 4) is 0 Å². The van der Waals surface area contributed by atoms with Crippen molar-refractivity contribution in [2.24, 2.45) is 0 Å². The summed E-state index contributed by atoms with van der Waals surface area (Å²) >= 11 is 0. The van der Waals surface area contributed by atoms with E-state index in [4.69, 9.17) is 9.26 Å². The lowest BCUT2D eigenvalue weighted by atomic mass is 10.00. The van der Waals surface area contributed by atoms with Gasteiger partial charge in [0.25, 0.3) is 0 Å². The Morgan fingerprint density at radius 1 is 1.28 bits per heavy atom. The van der Waals surface area contributed by atoms with Crippen molar-refractivity contribution >= 4 is 6.01 Å². The molecule has 100 valence electrons. The second-order valence-corrected chi connectivity index (χ2v) is 5.75. The maximum absolute atomic E-state index is 6.00. The lowest BCUT2D eigenvalue weighted by Gasteiger charge is -2.39. The predicted molar refractivity (Wildman–Crippen MR) is 67.8 cm³/mol. The van der Waals surface area contributed by atoms with Crippen molar-refractivity contribution < 1.29 is 9.26 Å². The van der Waals surface area contributed by atoms with Crippen LogP contribution in [-0.4, -0.2) is 35.4 Å². The molecule has 0 amide bonds. The summed E-state index contributed by atoms with van der Waals surface area (Å²) < 4.78 is 11.4. The van der Waals surface area contributed by atoms with Crippen molar-refractivity contribution in [3.05, 3.63) is 5.82 Å². The van der Waals surface area contributed by atoms with E-state index in [0.717, 1.165) is 38.4 Å². The molecule has 1 aliphatic heterocycles. The van der Waals surface area contributed by atoms with Crippen LogP contribution in [0.5, 0.6) is 0 Å². The molecule has 2 aliphatic rings. The molecule has 0 unspecified atom stereocenters. The summed E-state index contributed by atoms with van der Waals surface area (Å²) in [5.74, 6) is 1.10. The molecule has 1 aromatic rings. The summed E-state index contributed by atoms with van der Waals surface area (Å²) in [4.78, 5) is 6.67. The van der Waals surface area contributed by atoms with Gasteiger partial charge in [0.15, 0.2) is 5.82 Å². The number of hydrogen-bond acceptors (Lipinski definition) is 5. The molecule has 2 fully saturated rings. The highest BCUT2D eigenvalue weighted by Gasteiger charge is 2.40. The SMILES string of the molecule is CC(C)c1noc(N2CCOC3(CCCC3)C2)n1. The van der Waals surface area contributed by atoms with Crippen molar-refractivity contribution in [1.29, 1.82) is 0 Å². The summed E-state index contributed by atoms with van der Waals surface area (Å²) in [6, 6.07) is 0.660.